The van der Waals surface area contributed by atoms with Gasteiger partial charge in [-0.1, -0.05) is 37.6 Å². The van der Waals surface area contributed by atoms with Crippen molar-refractivity contribution in [2.75, 3.05) is 16.8 Å². The zero-order chi connectivity index (χ0) is 23.5. The summed E-state index contributed by atoms with van der Waals surface area (Å²) in [7, 11) is 0. The standard InChI is InChI=1S/C26H26ClN3O3/c1-3-16(2)19-10-20(27)13-22(12-19)33-21-6-4-5-18(11-21)26-29-23-9-17(15-31)7-8-24(23)30(26)14-25(28)32/h4-13,15-16,26,29H,3,14H2,1-2H3,(H2,28,32). The summed E-state index contributed by atoms with van der Waals surface area (Å²) >= 11 is 6.33. The van der Waals surface area contributed by atoms with Crippen LogP contribution in [-0.2, 0) is 4.79 Å². The first-order valence-corrected chi connectivity index (χ1v) is 11.2. The van der Waals surface area contributed by atoms with Gasteiger partial charge in [-0.15, -0.1) is 0 Å². The highest BCUT2D eigenvalue weighted by Gasteiger charge is 2.31. The second kappa shape index (κ2) is 9.55. The molecule has 2 atom stereocenters. The van der Waals surface area contributed by atoms with Gasteiger partial charge in [0, 0.05) is 10.6 Å². The molecule has 1 aliphatic heterocycles. The predicted octanol–water partition coefficient (Wildman–Crippen LogP) is 5.87. The number of nitrogens with one attached hydrogen (secondary N) is 1. The zero-order valence-corrected chi connectivity index (χ0v) is 19.3. The summed E-state index contributed by atoms with van der Waals surface area (Å²) in [5.41, 5.74) is 9.67. The summed E-state index contributed by atoms with van der Waals surface area (Å²) in [6, 6.07) is 18.7. The first kappa shape index (κ1) is 22.7. The van der Waals surface area contributed by atoms with E-state index >= 15 is 0 Å². The minimum atomic E-state index is -0.446. The number of hydrogen-bond acceptors (Lipinski definition) is 5. The Morgan fingerprint density at radius 3 is 2.73 bits per heavy atom. The monoisotopic (exact) mass is 463 g/mol. The Morgan fingerprint density at radius 2 is 2.00 bits per heavy atom. The smallest absolute Gasteiger partial charge is 0.237 e. The van der Waals surface area contributed by atoms with Crippen molar-refractivity contribution < 1.29 is 14.3 Å². The van der Waals surface area contributed by atoms with Crippen LogP contribution in [0.15, 0.2) is 60.7 Å². The number of nitrogens with two attached hydrogens (primary N) is 1. The second-order valence-corrected chi connectivity index (χ2v) is 8.68. The highest BCUT2D eigenvalue weighted by molar-refractivity contribution is 6.30. The first-order chi connectivity index (χ1) is 15.9. The number of ether oxygens (including phenoxy) is 1. The highest BCUT2D eigenvalue weighted by Crippen LogP contribution is 2.42. The number of carbonyl (C=O) groups excluding carboxylic acids is 2. The molecule has 6 nitrogen and oxygen atoms in total. The Morgan fingerprint density at radius 1 is 1.18 bits per heavy atom. The number of primary amides is 1. The fraction of sp³-hybridized carbons (Fsp3) is 0.231. The molecule has 170 valence electrons. The number of rotatable bonds is 8. The Kier molecular flexibility index (Phi) is 6.56. The van der Waals surface area contributed by atoms with Crippen LogP contribution in [0.2, 0.25) is 5.02 Å². The molecule has 33 heavy (non-hydrogen) atoms. The van der Waals surface area contributed by atoms with Crippen molar-refractivity contribution in [3.05, 3.63) is 82.4 Å². The molecule has 3 aromatic rings. The molecule has 0 bridgehead atoms. The van der Waals surface area contributed by atoms with E-state index in [4.69, 9.17) is 22.1 Å². The number of hydrogen-bond donors (Lipinski definition) is 2. The number of carbonyl (C=O) groups is 2. The Hall–Kier alpha value is -3.51. The van der Waals surface area contributed by atoms with Crippen LogP contribution >= 0.6 is 11.6 Å². The van der Waals surface area contributed by atoms with Crippen LogP contribution in [-0.4, -0.2) is 18.7 Å². The van der Waals surface area contributed by atoms with Gasteiger partial charge >= 0.3 is 0 Å². The number of anilines is 2. The highest BCUT2D eigenvalue weighted by atomic mass is 35.5. The fourth-order valence-corrected chi connectivity index (χ4v) is 4.25. The van der Waals surface area contributed by atoms with Gasteiger partial charge in [-0.3, -0.25) is 9.59 Å². The van der Waals surface area contributed by atoms with Crippen LogP contribution < -0.4 is 20.7 Å². The van der Waals surface area contributed by atoms with E-state index in [9.17, 15) is 9.59 Å². The molecule has 0 aliphatic carbocycles. The van der Waals surface area contributed by atoms with Crippen molar-refractivity contribution in [2.24, 2.45) is 5.73 Å². The van der Waals surface area contributed by atoms with E-state index < -0.39 is 5.91 Å². The van der Waals surface area contributed by atoms with Crippen molar-refractivity contribution >= 4 is 35.2 Å². The second-order valence-electron chi connectivity index (χ2n) is 8.24. The largest absolute Gasteiger partial charge is 0.457 e. The number of aldehydes is 1. The molecule has 3 N–H and O–H groups in total. The number of benzene rings is 3. The maximum Gasteiger partial charge on any atom is 0.237 e. The minimum absolute atomic E-state index is 0.0305. The van der Waals surface area contributed by atoms with Crippen LogP contribution in [0.3, 0.4) is 0 Å². The molecule has 7 heteroatoms. The normalized spacial score (nSPS) is 15.5. The van der Waals surface area contributed by atoms with E-state index in [1.54, 1.807) is 18.2 Å². The summed E-state index contributed by atoms with van der Waals surface area (Å²) in [5.74, 6) is 1.24. The summed E-state index contributed by atoms with van der Waals surface area (Å²) in [6.07, 6.45) is 1.46. The van der Waals surface area contributed by atoms with Gasteiger partial charge in [0.25, 0.3) is 0 Å². The summed E-state index contributed by atoms with van der Waals surface area (Å²) < 4.78 is 6.16. The molecule has 1 aliphatic rings. The van der Waals surface area contributed by atoms with E-state index in [-0.39, 0.29) is 12.7 Å². The third-order valence-corrected chi connectivity index (χ3v) is 6.10. The van der Waals surface area contributed by atoms with Gasteiger partial charge in [-0.2, -0.15) is 0 Å². The minimum Gasteiger partial charge on any atom is -0.457 e. The lowest BCUT2D eigenvalue weighted by Gasteiger charge is -2.26. The van der Waals surface area contributed by atoms with Crippen LogP contribution in [0.5, 0.6) is 11.5 Å². The van der Waals surface area contributed by atoms with E-state index in [2.05, 4.69) is 19.2 Å². The molecule has 4 rings (SSSR count). The average Bonchev–Trinajstić information content (AvgIpc) is 3.15. The summed E-state index contributed by atoms with van der Waals surface area (Å²) in [5, 5.41) is 4.03. The molecule has 1 amide bonds. The zero-order valence-electron chi connectivity index (χ0n) is 18.5. The third kappa shape index (κ3) is 4.96. The molecule has 0 spiro atoms. The summed E-state index contributed by atoms with van der Waals surface area (Å²) in [4.78, 5) is 24.9. The summed E-state index contributed by atoms with van der Waals surface area (Å²) in [6.45, 7) is 4.32. The first-order valence-electron chi connectivity index (χ1n) is 10.9. The molecule has 3 aromatic carbocycles. The van der Waals surface area contributed by atoms with Crippen molar-refractivity contribution in [2.45, 2.75) is 32.4 Å². The quantitative estimate of drug-likeness (QED) is 0.408. The van der Waals surface area contributed by atoms with Crippen molar-refractivity contribution in [3.8, 4) is 11.5 Å². The molecular weight excluding hydrogens is 438 g/mol. The lowest BCUT2D eigenvalue weighted by atomic mass is 9.98. The Labute approximate surface area is 198 Å². The number of nitrogens with zero attached hydrogens (tertiary/aromatic N) is 1. The van der Waals surface area contributed by atoms with E-state index in [1.165, 1.54) is 0 Å². The maximum atomic E-state index is 11.8. The van der Waals surface area contributed by atoms with Gasteiger partial charge < -0.3 is 20.7 Å². The topological polar surface area (TPSA) is 84.7 Å². The molecular formula is C26H26ClN3O3. The molecule has 2 unspecified atom stereocenters. The Balaban J connectivity index is 1.64. The van der Waals surface area contributed by atoms with Crippen LogP contribution in [0.25, 0.3) is 0 Å². The molecule has 0 radical (unpaired) electrons. The van der Waals surface area contributed by atoms with Crippen LogP contribution in [0.4, 0.5) is 11.4 Å². The molecule has 0 saturated heterocycles. The van der Waals surface area contributed by atoms with Gasteiger partial charge in [0.15, 0.2) is 0 Å². The molecule has 0 fully saturated rings. The van der Waals surface area contributed by atoms with Crippen molar-refractivity contribution in [1.82, 2.24) is 0 Å². The van der Waals surface area contributed by atoms with E-state index in [0.717, 1.165) is 35.2 Å². The molecule has 0 aromatic heterocycles. The molecule has 1 heterocycles. The average molecular weight is 464 g/mol. The number of amides is 1. The SMILES string of the molecule is CCC(C)c1cc(Cl)cc(Oc2cccc(C3Nc4cc(C=O)ccc4N3CC(N)=O)c2)c1. The number of fused-ring (bicyclic) bond motifs is 1. The van der Waals surface area contributed by atoms with Gasteiger partial charge in [-0.25, -0.2) is 0 Å². The lowest BCUT2D eigenvalue weighted by Crippen LogP contribution is -2.36. The predicted molar refractivity (Wildman–Crippen MR) is 131 cm³/mol. The maximum absolute atomic E-state index is 11.8. The molecule has 0 saturated carbocycles. The Bertz CT molecular complexity index is 1200. The number of halogens is 1. The van der Waals surface area contributed by atoms with E-state index in [0.29, 0.717) is 28.0 Å². The van der Waals surface area contributed by atoms with Gasteiger partial charge in [0.05, 0.1) is 17.9 Å². The van der Waals surface area contributed by atoms with Crippen LogP contribution in [0, 0.1) is 0 Å². The van der Waals surface area contributed by atoms with Gasteiger partial charge in [-0.05, 0) is 72.0 Å². The fourth-order valence-electron chi connectivity index (χ4n) is 4.01. The van der Waals surface area contributed by atoms with Crippen molar-refractivity contribution in [3.63, 3.8) is 0 Å². The van der Waals surface area contributed by atoms with E-state index in [1.807, 2.05) is 47.4 Å². The third-order valence-electron chi connectivity index (χ3n) is 5.88. The van der Waals surface area contributed by atoms with Gasteiger partial charge in [0.2, 0.25) is 5.91 Å². The van der Waals surface area contributed by atoms with Gasteiger partial charge in [0.1, 0.15) is 24.0 Å². The lowest BCUT2D eigenvalue weighted by molar-refractivity contribution is -0.116. The van der Waals surface area contributed by atoms with Crippen molar-refractivity contribution in [1.29, 1.82) is 0 Å². The van der Waals surface area contributed by atoms with Crippen LogP contribution in [0.1, 0.15) is 53.8 Å².